The Balaban J connectivity index is 1.49. The number of nitrogens with one attached hydrogen (secondary N) is 1. The van der Waals surface area contributed by atoms with Crippen LogP contribution >= 0.6 is 0 Å². The van der Waals surface area contributed by atoms with Crippen molar-refractivity contribution in [1.82, 2.24) is 14.5 Å². The molecule has 0 saturated heterocycles. The summed E-state index contributed by atoms with van der Waals surface area (Å²) in [5.74, 6) is -0.0282. The van der Waals surface area contributed by atoms with Gasteiger partial charge in [0.05, 0.1) is 15.8 Å². The highest BCUT2D eigenvalue weighted by Gasteiger charge is 2.25. The highest BCUT2D eigenvalue weighted by atomic mass is 32.2. The number of hydrogen-bond acceptors (Lipinski definition) is 6. The third-order valence-corrected chi connectivity index (χ3v) is 7.80. The van der Waals surface area contributed by atoms with Crippen LogP contribution < -0.4 is 10.5 Å². The van der Waals surface area contributed by atoms with Crippen LogP contribution in [0.4, 0.5) is 11.5 Å². The molecule has 1 aliphatic rings. The van der Waals surface area contributed by atoms with Gasteiger partial charge in [-0.2, -0.15) is 0 Å². The van der Waals surface area contributed by atoms with Gasteiger partial charge in [-0.1, -0.05) is 49.8 Å². The lowest BCUT2D eigenvalue weighted by Gasteiger charge is -2.12. The van der Waals surface area contributed by atoms with E-state index in [1.807, 2.05) is 10.8 Å². The Labute approximate surface area is 203 Å². The van der Waals surface area contributed by atoms with Gasteiger partial charge in [-0.3, -0.25) is 9.52 Å². The molecule has 1 aliphatic carbocycles. The van der Waals surface area contributed by atoms with E-state index in [9.17, 15) is 13.2 Å². The molecule has 178 valence electrons. The Morgan fingerprint density at radius 1 is 1.11 bits per heavy atom. The number of ketones is 1. The molecule has 2 aromatic carbocycles. The largest absolute Gasteiger partial charge is 0.383 e. The first-order valence-corrected chi connectivity index (χ1v) is 12.9. The molecule has 0 spiro atoms. The maximum Gasteiger partial charge on any atom is 0.261 e. The van der Waals surface area contributed by atoms with Crippen LogP contribution in [0, 0.1) is 0 Å². The Morgan fingerprint density at radius 3 is 2.57 bits per heavy atom. The second kappa shape index (κ2) is 8.99. The van der Waals surface area contributed by atoms with Crippen molar-refractivity contribution in [2.24, 2.45) is 0 Å². The standard InChI is InChI=1S/C26H25N5O3S/c1-2-17-10-12-21(13-11-17)35(33,34)30-19-7-5-6-18(14-19)24(32)22-15-31(20-8-3-4-9-20)26-23(22)25(27)28-16-29-26/h2,5-7,10-16,20,30H,1,3-4,8-9H2,(H2,27,28,29). The van der Waals surface area contributed by atoms with Gasteiger partial charge in [-0.25, -0.2) is 18.4 Å². The molecule has 0 radical (unpaired) electrons. The number of nitrogen functional groups attached to an aromatic ring is 1. The third-order valence-electron chi connectivity index (χ3n) is 6.40. The summed E-state index contributed by atoms with van der Waals surface area (Å²) in [6, 6.07) is 13.0. The van der Waals surface area contributed by atoms with Crippen molar-refractivity contribution in [3.8, 4) is 0 Å². The quantitative estimate of drug-likeness (QED) is 0.361. The van der Waals surface area contributed by atoms with E-state index in [1.165, 1.54) is 24.5 Å². The van der Waals surface area contributed by atoms with E-state index in [0.29, 0.717) is 22.2 Å². The number of nitrogens with zero attached hydrogens (tertiary/aromatic N) is 3. The van der Waals surface area contributed by atoms with Crippen LogP contribution in [-0.4, -0.2) is 28.7 Å². The first-order valence-electron chi connectivity index (χ1n) is 11.4. The number of rotatable bonds is 7. The van der Waals surface area contributed by atoms with Crippen molar-refractivity contribution < 1.29 is 13.2 Å². The molecule has 0 aliphatic heterocycles. The van der Waals surface area contributed by atoms with Crippen molar-refractivity contribution in [2.45, 2.75) is 36.6 Å². The van der Waals surface area contributed by atoms with Crippen LogP contribution in [0.25, 0.3) is 17.1 Å². The molecule has 0 bridgehead atoms. The number of benzene rings is 2. The van der Waals surface area contributed by atoms with Gasteiger partial charge in [-0.05, 0) is 42.7 Å². The van der Waals surface area contributed by atoms with Crippen LogP contribution in [-0.2, 0) is 10.0 Å². The summed E-state index contributed by atoms with van der Waals surface area (Å²) < 4.78 is 30.3. The van der Waals surface area contributed by atoms with Crippen molar-refractivity contribution in [3.05, 3.63) is 84.3 Å². The molecule has 4 aromatic rings. The molecule has 8 nitrogen and oxygen atoms in total. The topological polar surface area (TPSA) is 120 Å². The number of anilines is 2. The molecule has 1 fully saturated rings. The Morgan fingerprint density at radius 2 is 1.86 bits per heavy atom. The Bertz CT molecular complexity index is 1540. The second-order valence-electron chi connectivity index (χ2n) is 8.63. The zero-order chi connectivity index (χ0) is 24.6. The molecule has 2 aromatic heterocycles. The average molecular weight is 488 g/mol. The molecule has 3 N–H and O–H groups in total. The molecular formula is C26H25N5O3S. The lowest BCUT2D eigenvalue weighted by molar-refractivity contribution is 0.104. The number of fused-ring (bicyclic) bond motifs is 1. The molecule has 2 heterocycles. The minimum atomic E-state index is -3.83. The van der Waals surface area contributed by atoms with Crippen LogP contribution in [0.5, 0.6) is 0 Å². The van der Waals surface area contributed by atoms with Gasteiger partial charge in [0.1, 0.15) is 17.8 Å². The molecule has 9 heteroatoms. The van der Waals surface area contributed by atoms with Crippen LogP contribution in [0.2, 0.25) is 0 Å². The van der Waals surface area contributed by atoms with Gasteiger partial charge in [0, 0.05) is 23.5 Å². The van der Waals surface area contributed by atoms with Gasteiger partial charge in [0.15, 0.2) is 5.78 Å². The highest BCUT2D eigenvalue weighted by Crippen LogP contribution is 2.35. The summed E-state index contributed by atoms with van der Waals surface area (Å²) in [6.45, 7) is 3.68. The van der Waals surface area contributed by atoms with Crippen molar-refractivity contribution >= 4 is 44.4 Å². The van der Waals surface area contributed by atoms with Crippen molar-refractivity contribution in [2.75, 3.05) is 10.5 Å². The van der Waals surface area contributed by atoms with E-state index < -0.39 is 10.0 Å². The van der Waals surface area contributed by atoms with Crippen LogP contribution in [0.15, 0.2) is 72.5 Å². The fourth-order valence-corrected chi connectivity index (χ4v) is 5.67. The van der Waals surface area contributed by atoms with Gasteiger partial charge in [0.2, 0.25) is 0 Å². The number of nitrogens with two attached hydrogens (primary N) is 1. The van der Waals surface area contributed by atoms with Crippen LogP contribution in [0.3, 0.4) is 0 Å². The summed E-state index contributed by atoms with van der Waals surface area (Å²) in [7, 11) is -3.83. The number of hydrogen-bond donors (Lipinski definition) is 2. The number of aromatic nitrogens is 3. The smallest absolute Gasteiger partial charge is 0.261 e. The zero-order valence-corrected chi connectivity index (χ0v) is 19.8. The summed E-state index contributed by atoms with van der Waals surface area (Å²) in [5, 5.41) is 0.526. The number of sulfonamides is 1. The Kier molecular flexibility index (Phi) is 5.86. The van der Waals surface area contributed by atoms with Gasteiger partial charge in [0.25, 0.3) is 10.0 Å². The van der Waals surface area contributed by atoms with Gasteiger partial charge < -0.3 is 10.3 Å². The molecule has 0 atom stereocenters. The molecular weight excluding hydrogens is 462 g/mol. The first kappa shape index (κ1) is 22.8. The molecule has 5 rings (SSSR count). The zero-order valence-electron chi connectivity index (χ0n) is 19.0. The summed E-state index contributed by atoms with van der Waals surface area (Å²) in [6.07, 6.45) is 9.17. The van der Waals surface area contributed by atoms with E-state index in [1.54, 1.807) is 36.4 Å². The van der Waals surface area contributed by atoms with E-state index >= 15 is 0 Å². The summed E-state index contributed by atoms with van der Waals surface area (Å²) >= 11 is 0. The lowest BCUT2D eigenvalue weighted by atomic mass is 10.0. The maximum atomic E-state index is 13.6. The minimum absolute atomic E-state index is 0.115. The third kappa shape index (κ3) is 4.30. The predicted molar refractivity (Wildman–Crippen MR) is 137 cm³/mol. The van der Waals surface area contributed by atoms with E-state index in [-0.39, 0.29) is 28.2 Å². The minimum Gasteiger partial charge on any atom is -0.383 e. The van der Waals surface area contributed by atoms with Crippen molar-refractivity contribution in [1.29, 1.82) is 0 Å². The Hall–Kier alpha value is -3.98. The van der Waals surface area contributed by atoms with Gasteiger partial charge >= 0.3 is 0 Å². The molecule has 0 amide bonds. The van der Waals surface area contributed by atoms with E-state index in [4.69, 9.17) is 5.73 Å². The maximum absolute atomic E-state index is 13.6. The predicted octanol–water partition coefficient (Wildman–Crippen LogP) is 4.80. The number of carbonyl (C=O) groups is 1. The van der Waals surface area contributed by atoms with Gasteiger partial charge in [-0.15, -0.1) is 0 Å². The fourth-order valence-electron chi connectivity index (χ4n) is 4.62. The van der Waals surface area contributed by atoms with Crippen molar-refractivity contribution in [3.63, 3.8) is 0 Å². The number of carbonyl (C=O) groups excluding carboxylic acids is 1. The first-order chi connectivity index (χ1) is 16.9. The molecule has 35 heavy (non-hydrogen) atoms. The monoisotopic (exact) mass is 487 g/mol. The highest BCUT2D eigenvalue weighted by molar-refractivity contribution is 7.92. The fraction of sp³-hybridized carbons (Fsp3) is 0.192. The SMILES string of the molecule is C=Cc1ccc(S(=O)(=O)Nc2cccc(C(=O)c3cn(C4CCCC4)c4ncnc(N)c34)c2)cc1. The average Bonchev–Trinajstić information content (AvgIpc) is 3.52. The molecule has 1 saturated carbocycles. The second-order valence-corrected chi connectivity index (χ2v) is 10.3. The van der Waals surface area contributed by atoms with E-state index in [0.717, 1.165) is 31.2 Å². The normalized spacial score (nSPS) is 14.3. The lowest BCUT2D eigenvalue weighted by Crippen LogP contribution is -2.13. The molecule has 0 unspecified atom stereocenters. The summed E-state index contributed by atoms with van der Waals surface area (Å²) in [5.41, 5.74) is 8.66. The van der Waals surface area contributed by atoms with E-state index in [2.05, 4.69) is 21.3 Å². The summed E-state index contributed by atoms with van der Waals surface area (Å²) in [4.78, 5) is 22.2. The van der Waals surface area contributed by atoms with Crippen LogP contribution in [0.1, 0.15) is 53.2 Å².